The summed E-state index contributed by atoms with van der Waals surface area (Å²) in [7, 11) is 0. The van der Waals surface area contributed by atoms with Gasteiger partial charge >= 0.3 is 0 Å². The zero-order valence-electron chi connectivity index (χ0n) is 9.31. The van der Waals surface area contributed by atoms with Crippen LogP contribution in [0.4, 0.5) is 0 Å². The fourth-order valence-corrected chi connectivity index (χ4v) is 1.76. The van der Waals surface area contributed by atoms with Crippen LogP contribution in [-0.4, -0.2) is 21.0 Å². The van der Waals surface area contributed by atoms with Gasteiger partial charge in [-0.2, -0.15) is 0 Å². The van der Waals surface area contributed by atoms with Crippen molar-refractivity contribution in [3.8, 4) is 5.69 Å². The van der Waals surface area contributed by atoms with Gasteiger partial charge in [0, 0.05) is 17.6 Å². The number of nitrogens with zero attached hydrogens (tertiary/aromatic N) is 3. The molecule has 1 fully saturated rings. The van der Waals surface area contributed by atoms with Gasteiger partial charge in [-0.05, 0) is 37.1 Å². The predicted octanol–water partition coefficient (Wildman–Crippen LogP) is 2.17. The van der Waals surface area contributed by atoms with E-state index in [2.05, 4.69) is 15.6 Å². The Balaban J connectivity index is 1.72. The van der Waals surface area contributed by atoms with Gasteiger partial charge < -0.3 is 5.32 Å². The molecule has 1 saturated carbocycles. The quantitative estimate of drug-likeness (QED) is 0.902. The molecule has 1 N–H and O–H groups in total. The summed E-state index contributed by atoms with van der Waals surface area (Å²) in [5.41, 5.74) is 1.94. The van der Waals surface area contributed by atoms with Gasteiger partial charge in [0.05, 0.1) is 17.6 Å². The minimum Gasteiger partial charge on any atom is -0.308 e. The molecule has 17 heavy (non-hydrogen) atoms. The molecule has 0 spiro atoms. The maximum atomic E-state index is 5.84. The lowest BCUT2D eigenvalue weighted by Crippen LogP contribution is -2.15. The zero-order chi connectivity index (χ0) is 11.7. The molecule has 1 aromatic heterocycles. The average molecular weight is 249 g/mol. The molecule has 1 heterocycles. The second-order valence-corrected chi connectivity index (χ2v) is 4.72. The number of hydrogen-bond donors (Lipinski definition) is 1. The lowest BCUT2D eigenvalue weighted by molar-refractivity contribution is 0.671. The van der Waals surface area contributed by atoms with Crippen LogP contribution in [0, 0.1) is 0 Å². The molecule has 0 saturated heterocycles. The summed E-state index contributed by atoms with van der Waals surface area (Å²) in [5, 5.41) is 12.4. The highest BCUT2D eigenvalue weighted by Crippen LogP contribution is 2.19. The highest BCUT2D eigenvalue weighted by molar-refractivity contribution is 6.30. The van der Waals surface area contributed by atoms with E-state index in [9.17, 15) is 0 Å². The first kappa shape index (κ1) is 10.7. The van der Waals surface area contributed by atoms with Crippen LogP contribution in [0.5, 0.6) is 0 Å². The van der Waals surface area contributed by atoms with E-state index in [1.54, 1.807) is 4.68 Å². The van der Waals surface area contributed by atoms with E-state index >= 15 is 0 Å². The van der Waals surface area contributed by atoms with Gasteiger partial charge in [0.15, 0.2) is 0 Å². The summed E-state index contributed by atoms with van der Waals surface area (Å²) >= 11 is 5.84. The molecule has 88 valence electrons. The Morgan fingerprint density at radius 2 is 2.06 bits per heavy atom. The van der Waals surface area contributed by atoms with Crippen LogP contribution < -0.4 is 5.32 Å². The monoisotopic (exact) mass is 248 g/mol. The summed E-state index contributed by atoms with van der Waals surface area (Å²) in [6, 6.07) is 8.24. The summed E-state index contributed by atoms with van der Waals surface area (Å²) < 4.78 is 1.76. The molecular weight excluding hydrogens is 236 g/mol. The molecule has 1 aliphatic rings. The molecule has 1 aliphatic carbocycles. The van der Waals surface area contributed by atoms with Crippen molar-refractivity contribution in [3.63, 3.8) is 0 Å². The number of benzene rings is 1. The van der Waals surface area contributed by atoms with E-state index in [-0.39, 0.29) is 0 Å². The number of aromatic nitrogens is 3. The van der Waals surface area contributed by atoms with E-state index in [0.29, 0.717) is 6.04 Å². The molecular formula is C12H13ClN4. The Morgan fingerprint density at radius 3 is 2.76 bits per heavy atom. The lowest BCUT2D eigenvalue weighted by Gasteiger charge is -1.99. The van der Waals surface area contributed by atoms with Crippen LogP contribution in [0.3, 0.4) is 0 Å². The van der Waals surface area contributed by atoms with Crippen molar-refractivity contribution in [2.75, 3.05) is 0 Å². The Kier molecular flexibility index (Phi) is 2.82. The molecule has 0 radical (unpaired) electrons. The van der Waals surface area contributed by atoms with E-state index in [1.165, 1.54) is 12.8 Å². The minimum atomic E-state index is 0.690. The van der Waals surface area contributed by atoms with Crippen molar-refractivity contribution in [2.24, 2.45) is 0 Å². The van der Waals surface area contributed by atoms with Crippen molar-refractivity contribution >= 4 is 11.6 Å². The van der Waals surface area contributed by atoms with Crippen molar-refractivity contribution in [2.45, 2.75) is 25.4 Å². The lowest BCUT2D eigenvalue weighted by atomic mass is 10.3. The standard InChI is InChI=1S/C12H13ClN4/c13-9-1-5-12(6-2-9)17-8-11(15-16-17)7-14-10-3-4-10/h1-2,5-6,8,10,14H,3-4,7H2. The first-order chi connectivity index (χ1) is 8.31. The number of nitrogens with one attached hydrogen (secondary N) is 1. The third-order valence-electron chi connectivity index (χ3n) is 2.78. The first-order valence-electron chi connectivity index (χ1n) is 5.72. The Bertz CT molecular complexity index is 501. The second-order valence-electron chi connectivity index (χ2n) is 4.29. The van der Waals surface area contributed by atoms with Gasteiger partial charge in [-0.1, -0.05) is 16.8 Å². The Labute approximate surface area is 105 Å². The number of rotatable bonds is 4. The fourth-order valence-electron chi connectivity index (χ4n) is 1.64. The van der Waals surface area contributed by atoms with Gasteiger partial charge in [-0.3, -0.25) is 0 Å². The zero-order valence-corrected chi connectivity index (χ0v) is 10.1. The molecule has 2 aromatic rings. The molecule has 3 rings (SSSR count). The normalized spacial score (nSPS) is 15.1. The molecule has 1 aromatic carbocycles. The van der Waals surface area contributed by atoms with Crippen LogP contribution >= 0.6 is 11.6 Å². The van der Waals surface area contributed by atoms with E-state index in [0.717, 1.165) is 22.9 Å². The van der Waals surface area contributed by atoms with Crippen molar-refractivity contribution in [3.05, 3.63) is 41.2 Å². The molecule has 0 bridgehead atoms. The van der Waals surface area contributed by atoms with Gasteiger partial charge in [0.2, 0.25) is 0 Å². The number of halogens is 1. The van der Waals surface area contributed by atoms with Crippen molar-refractivity contribution in [1.82, 2.24) is 20.3 Å². The predicted molar refractivity (Wildman–Crippen MR) is 66.2 cm³/mol. The molecule has 4 nitrogen and oxygen atoms in total. The van der Waals surface area contributed by atoms with Crippen LogP contribution in [0.1, 0.15) is 18.5 Å². The third kappa shape index (κ3) is 2.65. The van der Waals surface area contributed by atoms with Gasteiger partial charge in [-0.15, -0.1) is 5.10 Å². The van der Waals surface area contributed by atoms with Crippen molar-refractivity contribution < 1.29 is 0 Å². The van der Waals surface area contributed by atoms with E-state index in [4.69, 9.17) is 11.6 Å². The van der Waals surface area contributed by atoms with E-state index in [1.807, 2.05) is 30.5 Å². The largest absolute Gasteiger partial charge is 0.308 e. The molecule has 0 atom stereocenters. The number of hydrogen-bond acceptors (Lipinski definition) is 3. The second kappa shape index (κ2) is 4.47. The molecule has 0 unspecified atom stereocenters. The highest BCUT2D eigenvalue weighted by Gasteiger charge is 2.20. The summed E-state index contributed by atoms with van der Waals surface area (Å²) in [5.74, 6) is 0. The fraction of sp³-hybridized carbons (Fsp3) is 0.333. The SMILES string of the molecule is Clc1ccc(-n2cc(CNC3CC3)nn2)cc1. The van der Waals surface area contributed by atoms with Gasteiger partial charge in [0.1, 0.15) is 0 Å². The minimum absolute atomic E-state index is 0.690. The average Bonchev–Trinajstić information content (AvgIpc) is 3.06. The smallest absolute Gasteiger partial charge is 0.0969 e. The van der Waals surface area contributed by atoms with Crippen LogP contribution in [0.2, 0.25) is 5.02 Å². The van der Waals surface area contributed by atoms with Crippen LogP contribution in [-0.2, 0) is 6.54 Å². The van der Waals surface area contributed by atoms with Gasteiger partial charge in [0.25, 0.3) is 0 Å². The van der Waals surface area contributed by atoms with Crippen LogP contribution in [0.15, 0.2) is 30.5 Å². The van der Waals surface area contributed by atoms with E-state index < -0.39 is 0 Å². The molecule has 0 amide bonds. The van der Waals surface area contributed by atoms with Crippen molar-refractivity contribution in [1.29, 1.82) is 0 Å². The van der Waals surface area contributed by atoms with Crippen LogP contribution in [0.25, 0.3) is 5.69 Å². The maximum absolute atomic E-state index is 5.84. The topological polar surface area (TPSA) is 42.7 Å². The molecule has 0 aliphatic heterocycles. The summed E-state index contributed by atoms with van der Waals surface area (Å²) in [4.78, 5) is 0. The highest BCUT2D eigenvalue weighted by atomic mass is 35.5. The third-order valence-corrected chi connectivity index (χ3v) is 3.03. The Hall–Kier alpha value is -1.39. The Morgan fingerprint density at radius 1 is 1.29 bits per heavy atom. The first-order valence-corrected chi connectivity index (χ1v) is 6.09. The summed E-state index contributed by atoms with van der Waals surface area (Å²) in [6.45, 7) is 0.790. The maximum Gasteiger partial charge on any atom is 0.0969 e. The summed E-state index contributed by atoms with van der Waals surface area (Å²) in [6.07, 6.45) is 4.51. The van der Waals surface area contributed by atoms with Gasteiger partial charge in [-0.25, -0.2) is 4.68 Å². The molecule has 5 heteroatoms.